The number of thiophene rings is 1. The van der Waals surface area contributed by atoms with Gasteiger partial charge in [-0.05, 0) is 54.0 Å². The molecule has 0 unspecified atom stereocenters. The molecule has 4 heteroatoms. The van der Waals surface area contributed by atoms with Gasteiger partial charge in [-0.2, -0.15) is 0 Å². The van der Waals surface area contributed by atoms with Crippen molar-refractivity contribution in [3.63, 3.8) is 0 Å². The van der Waals surface area contributed by atoms with Crippen LogP contribution >= 0.6 is 11.3 Å². The molecule has 2 aromatic rings. The van der Waals surface area contributed by atoms with E-state index < -0.39 is 10.8 Å². The van der Waals surface area contributed by atoms with Crippen LogP contribution in [0, 0.1) is 0 Å². The second-order valence-corrected chi connectivity index (χ2v) is 7.60. The molecule has 1 aromatic carbocycles. The van der Waals surface area contributed by atoms with E-state index >= 15 is 0 Å². The number of benzene rings is 1. The lowest BCUT2D eigenvalue weighted by atomic mass is 9.94. The van der Waals surface area contributed by atoms with Gasteiger partial charge in [0.1, 0.15) is 0 Å². The van der Waals surface area contributed by atoms with E-state index in [1.54, 1.807) is 11.1 Å². The molecule has 1 aromatic heterocycles. The van der Waals surface area contributed by atoms with Gasteiger partial charge < -0.3 is 5.32 Å². The Bertz CT molecular complexity index is 603. The van der Waals surface area contributed by atoms with Gasteiger partial charge in [0, 0.05) is 39.4 Å². The molecule has 0 aliphatic heterocycles. The van der Waals surface area contributed by atoms with E-state index in [1.807, 2.05) is 23.5 Å². The first-order chi connectivity index (χ1) is 9.74. The van der Waals surface area contributed by atoms with Gasteiger partial charge in [0.05, 0.1) is 0 Å². The SMILES string of the molecule is C[S@@](=O)c1ccc(CN[C@H]2CCCc3sccc32)cc1. The highest BCUT2D eigenvalue weighted by molar-refractivity contribution is 7.84. The van der Waals surface area contributed by atoms with E-state index in [4.69, 9.17) is 0 Å². The van der Waals surface area contributed by atoms with Gasteiger partial charge in [0.25, 0.3) is 0 Å². The fourth-order valence-electron chi connectivity index (χ4n) is 2.74. The molecule has 2 atom stereocenters. The molecule has 0 radical (unpaired) electrons. The van der Waals surface area contributed by atoms with Crippen molar-refractivity contribution in [2.75, 3.05) is 6.26 Å². The van der Waals surface area contributed by atoms with E-state index in [0.29, 0.717) is 6.04 Å². The average molecular weight is 305 g/mol. The first-order valence-electron chi connectivity index (χ1n) is 6.96. The molecule has 0 saturated heterocycles. The van der Waals surface area contributed by atoms with Crippen LogP contribution in [-0.4, -0.2) is 10.5 Å². The Hall–Kier alpha value is -0.970. The van der Waals surface area contributed by atoms with Crippen LogP contribution in [0.25, 0.3) is 0 Å². The second-order valence-electron chi connectivity index (χ2n) is 5.22. The van der Waals surface area contributed by atoms with Gasteiger partial charge in [-0.3, -0.25) is 4.21 Å². The standard InChI is InChI=1S/C16H19NOS2/c1-20(18)13-7-5-12(6-8-13)11-17-15-3-2-4-16-14(15)9-10-19-16/h5-10,15,17H,2-4,11H2,1H3/t15-,20+/m0/s1. The molecule has 1 aliphatic rings. The Morgan fingerprint density at radius 2 is 2.10 bits per heavy atom. The largest absolute Gasteiger partial charge is 0.306 e. The van der Waals surface area contributed by atoms with Gasteiger partial charge >= 0.3 is 0 Å². The summed E-state index contributed by atoms with van der Waals surface area (Å²) < 4.78 is 11.4. The topological polar surface area (TPSA) is 29.1 Å². The maximum Gasteiger partial charge on any atom is 0.0498 e. The van der Waals surface area contributed by atoms with Gasteiger partial charge in [-0.1, -0.05) is 12.1 Å². The monoisotopic (exact) mass is 305 g/mol. The van der Waals surface area contributed by atoms with E-state index in [2.05, 4.69) is 28.9 Å². The smallest absolute Gasteiger partial charge is 0.0498 e. The van der Waals surface area contributed by atoms with Gasteiger partial charge in [0.2, 0.25) is 0 Å². The molecule has 3 rings (SSSR count). The van der Waals surface area contributed by atoms with Gasteiger partial charge in [0.15, 0.2) is 0 Å². The summed E-state index contributed by atoms with van der Waals surface area (Å²) in [5, 5.41) is 5.86. The van der Waals surface area contributed by atoms with Crippen LogP contribution in [0.2, 0.25) is 0 Å². The van der Waals surface area contributed by atoms with Gasteiger partial charge in [-0.25, -0.2) is 0 Å². The van der Waals surface area contributed by atoms with E-state index in [9.17, 15) is 4.21 Å². The first kappa shape index (κ1) is 14.0. The number of fused-ring (bicyclic) bond motifs is 1. The first-order valence-corrected chi connectivity index (χ1v) is 9.40. The lowest BCUT2D eigenvalue weighted by molar-refractivity contribution is 0.463. The van der Waals surface area contributed by atoms with Crippen molar-refractivity contribution in [3.8, 4) is 0 Å². The average Bonchev–Trinajstić information content (AvgIpc) is 2.94. The Labute approximate surface area is 126 Å². The van der Waals surface area contributed by atoms with Crippen molar-refractivity contribution in [3.05, 3.63) is 51.7 Å². The zero-order valence-electron chi connectivity index (χ0n) is 11.6. The second kappa shape index (κ2) is 6.20. The van der Waals surface area contributed by atoms with Crippen LogP contribution in [-0.2, 0) is 23.8 Å². The molecule has 0 saturated carbocycles. The van der Waals surface area contributed by atoms with E-state index in [-0.39, 0.29) is 0 Å². The Kier molecular flexibility index (Phi) is 4.34. The van der Waals surface area contributed by atoms with Crippen molar-refractivity contribution >= 4 is 22.1 Å². The molecule has 0 spiro atoms. The van der Waals surface area contributed by atoms with Crippen LogP contribution in [0.15, 0.2) is 40.6 Å². The number of hydrogen-bond donors (Lipinski definition) is 1. The summed E-state index contributed by atoms with van der Waals surface area (Å²) in [4.78, 5) is 2.44. The number of aryl methyl sites for hydroxylation is 1. The van der Waals surface area contributed by atoms with Crippen LogP contribution in [0.5, 0.6) is 0 Å². The molecule has 0 bridgehead atoms. The highest BCUT2D eigenvalue weighted by Crippen LogP contribution is 2.33. The van der Waals surface area contributed by atoms with Crippen molar-refractivity contribution in [2.24, 2.45) is 0 Å². The molecule has 1 heterocycles. The molecular formula is C16H19NOS2. The third kappa shape index (κ3) is 3.03. The van der Waals surface area contributed by atoms with Crippen molar-refractivity contribution in [2.45, 2.75) is 36.7 Å². The number of hydrogen-bond acceptors (Lipinski definition) is 3. The zero-order valence-corrected chi connectivity index (χ0v) is 13.2. The fraction of sp³-hybridized carbons (Fsp3) is 0.375. The van der Waals surface area contributed by atoms with E-state index in [0.717, 1.165) is 11.4 Å². The maximum absolute atomic E-state index is 11.4. The minimum atomic E-state index is -0.889. The van der Waals surface area contributed by atoms with Crippen molar-refractivity contribution in [1.82, 2.24) is 5.32 Å². The minimum absolute atomic E-state index is 0.491. The highest BCUT2D eigenvalue weighted by atomic mass is 32.2. The zero-order chi connectivity index (χ0) is 13.9. The quantitative estimate of drug-likeness (QED) is 0.934. The molecular weight excluding hydrogens is 286 g/mol. The van der Waals surface area contributed by atoms with E-state index in [1.165, 1.54) is 30.4 Å². The third-order valence-electron chi connectivity index (χ3n) is 3.86. The van der Waals surface area contributed by atoms with Gasteiger partial charge in [-0.15, -0.1) is 11.3 Å². The molecule has 0 fully saturated rings. The lowest BCUT2D eigenvalue weighted by Crippen LogP contribution is -2.23. The summed E-state index contributed by atoms with van der Waals surface area (Å²) in [6.45, 7) is 0.872. The summed E-state index contributed by atoms with van der Waals surface area (Å²) in [5.41, 5.74) is 2.74. The Morgan fingerprint density at radius 3 is 2.85 bits per heavy atom. The highest BCUT2D eigenvalue weighted by Gasteiger charge is 2.20. The number of rotatable bonds is 4. The summed E-state index contributed by atoms with van der Waals surface area (Å²) in [6, 6.07) is 10.8. The normalized spacial score (nSPS) is 19.6. The fourth-order valence-corrected chi connectivity index (χ4v) is 4.25. The van der Waals surface area contributed by atoms with Crippen molar-refractivity contribution < 1.29 is 4.21 Å². The molecule has 1 aliphatic carbocycles. The molecule has 2 nitrogen and oxygen atoms in total. The predicted molar refractivity (Wildman–Crippen MR) is 85.6 cm³/mol. The molecule has 1 N–H and O–H groups in total. The van der Waals surface area contributed by atoms with Crippen molar-refractivity contribution in [1.29, 1.82) is 0 Å². The summed E-state index contributed by atoms with van der Waals surface area (Å²) in [6.07, 6.45) is 5.45. The predicted octanol–water partition coefficient (Wildman–Crippen LogP) is 3.65. The molecule has 106 valence electrons. The Morgan fingerprint density at radius 1 is 1.30 bits per heavy atom. The number of nitrogens with one attached hydrogen (secondary N) is 1. The van der Waals surface area contributed by atoms with Crippen LogP contribution in [0.3, 0.4) is 0 Å². The Balaban J connectivity index is 1.64. The maximum atomic E-state index is 11.4. The minimum Gasteiger partial charge on any atom is -0.306 e. The summed E-state index contributed by atoms with van der Waals surface area (Å²) in [5.74, 6) is 0. The van der Waals surface area contributed by atoms with Crippen LogP contribution in [0.4, 0.5) is 0 Å². The molecule has 0 amide bonds. The molecule has 20 heavy (non-hydrogen) atoms. The van der Waals surface area contributed by atoms with Crippen LogP contribution < -0.4 is 5.32 Å². The summed E-state index contributed by atoms with van der Waals surface area (Å²) in [7, 11) is -0.889. The lowest BCUT2D eigenvalue weighted by Gasteiger charge is -2.23. The third-order valence-corrected chi connectivity index (χ3v) is 5.79. The van der Waals surface area contributed by atoms with Crippen LogP contribution in [0.1, 0.15) is 34.9 Å². The summed E-state index contributed by atoms with van der Waals surface area (Å²) >= 11 is 1.88.